The van der Waals surface area contributed by atoms with E-state index in [0.29, 0.717) is 53.0 Å². The first-order chi connectivity index (χ1) is 33.1. The fraction of sp³-hybridized carbons (Fsp3) is 0.250. The summed E-state index contributed by atoms with van der Waals surface area (Å²) in [6.07, 6.45) is 1.23. The lowest BCUT2D eigenvalue weighted by Gasteiger charge is -2.15. The van der Waals surface area contributed by atoms with Gasteiger partial charge in [-0.3, -0.25) is 28.8 Å². The Bertz CT molecular complexity index is 2810. The van der Waals surface area contributed by atoms with E-state index in [2.05, 4.69) is 41.7 Å². The molecule has 5 aromatic carbocycles. The van der Waals surface area contributed by atoms with Gasteiger partial charge in [0, 0.05) is 40.4 Å². The predicted octanol–water partition coefficient (Wildman–Crippen LogP) is 11.2. The van der Waals surface area contributed by atoms with Gasteiger partial charge in [0.15, 0.2) is 11.6 Å². The summed E-state index contributed by atoms with van der Waals surface area (Å²) in [7, 11) is 3.07. The van der Waals surface area contributed by atoms with E-state index < -0.39 is 47.3 Å². The van der Waals surface area contributed by atoms with Gasteiger partial charge in [0.2, 0.25) is 12.1 Å². The van der Waals surface area contributed by atoms with E-state index in [1.54, 1.807) is 36.4 Å². The molecule has 0 spiro atoms. The number of methoxy groups -OCH3 is 2. The summed E-state index contributed by atoms with van der Waals surface area (Å²) in [6.45, 7) is 2.34. The summed E-state index contributed by atoms with van der Waals surface area (Å²) in [5.41, 5.74) is 3.88. The Morgan fingerprint density at radius 1 is 0.507 bits per heavy atom. The molecule has 2 unspecified atom stereocenters. The minimum absolute atomic E-state index is 0.0584. The zero-order valence-electron chi connectivity index (χ0n) is 37.5. The number of hydrogen-bond donors (Lipinski definition) is 4. The number of ether oxygens (including phenoxy) is 2. The standard InChI is InChI=1S/C48H45Cl5N8O8/c1-26(62)43(60-58-34-5-10-38(52)36(24-34)45(64)54-32-8-13-41(68-3)29(22-32)16-19-50)47(66)56-31-7-12-40(28(21-31)15-18-49)57-48(67)44(27(2)63)61-59-35-6-11-39(53)37(25-35)46(65)55-33-9-14-42(69-4)30(23-33)17-20-51/h5-14,21-25,43-44H,15-20H2,1-4H3,(H,54,64)(H,55,65)(H,56,66)(H,57,67). The lowest BCUT2D eigenvalue weighted by Crippen LogP contribution is -2.32. The second kappa shape index (κ2) is 25.8. The van der Waals surface area contributed by atoms with Crippen molar-refractivity contribution in [3.63, 3.8) is 0 Å². The first kappa shape index (κ1) is 53.5. The highest BCUT2D eigenvalue weighted by molar-refractivity contribution is 6.35. The molecule has 0 radical (unpaired) electrons. The molecule has 0 heterocycles. The summed E-state index contributed by atoms with van der Waals surface area (Å²) in [6, 6.07) is 20.0. The van der Waals surface area contributed by atoms with Crippen LogP contribution in [-0.4, -0.2) is 79.1 Å². The number of anilines is 4. The van der Waals surface area contributed by atoms with Crippen LogP contribution in [0.2, 0.25) is 10.0 Å². The number of nitrogens with zero attached hydrogens (tertiary/aromatic N) is 4. The molecule has 0 saturated carbocycles. The number of benzene rings is 5. The van der Waals surface area contributed by atoms with Crippen molar-refractivity contribution < 1.29 is 38.2 Å². The normalized spacial score (nSPS) is 12.0. The number of hydrogen-bond acceptors (Lipinski definition) is 12. The predicted molar refractivity (Wildman–Crippen MR) is 270 cm³/mol. The van der Waals surface area contributed by atoms with Crippen molar-refractivity contribution in [2.75, 3.05) is 53.1 Å². The molecule has 4 N–H and O–H groups in total. The second-order valence-electron chi connectivity index (χ2n) is 14.9. The molecule has 2 atom stereocenters. The van der Waals surface area contributed by atoms with Gasteiger partial charge in [-0.2, -0.15) is 20.5 Å². The minimum atomic E-state index is -1.60. The van der Waals surface area contributed by atoms with E-state index in [-0.39, 0.29) is 56.2 Å². The van der Waals surface area contributed by atoms with Crippen LogP contribution in [0, 0.1) is 0 Å². The van der Waals surface area contributed by atoms with Crippen molar-refractivity contribution in [3.05, 3.63) is 129 Å². The molecule has 5 rings (SSSR count). The van der Waals surface area contributed by atoms with Crippen LogP contribution in [0.5, 0.6) is 11.5 Å². The minimum Gasteiger partial charge on any atom is -0.496 e. The Kier molecular flexibility index (Phi) is 20.0. The Labute approximate surface area is 422 Å². The monoisotopic (exact) mass is 1040 g/mol. The van der Waals surface area contributed by atoms with Crippen LogP contribution in [0.15, 0.2) is 111 Å². The van der Waals surface area contributed by atoms with Crippen LogP contribution in [0.4, 0.5) is 34.1 Å². The van der Waals surface area contributed by atoms with E-state index in [1.807, 2.05) is 0 Å². The molecule has 0 aliphatic carbocycles. The largest absolute Gasteiger partial charge is 0.496 e. The maximum absolute atomic E-state index is 13.5. The second-order valence-corrected chi connectivity index (χ2v) is 16.9. The molecule has 4 amide bonds. The smallest absolute Gasteiger partial charge is 0.258 e. The molecule has 0 aliphatic heterocycles. The van der Waals surface area contributed by atoms with E-state index in [9.17, 15) is 28.8 Å². The third kappa shape index (κ3) is 14.8. The summed E-state index contributed by atoms with van der Waals surface area (Å²) in [5, 5.41) is 27.3. The van der Waals surface area contributed by atoms with Crippen LogP contribution in [0.3, 0.4) is 0 Å². The van der Waals surface area contributed by atoms with Gasteiger partial charge in [-0.05, 0) is 141 Å². The average molecular weight is 1040 g/mol. The molecule has 0 saturated heterocycles. The van der Waals surface area contributed by atoms with Crippen molar-refractivity contribution in [2.24, 2.45) is 20.5 Å². The zero-order chi connectivity index (χ0) is 50.2. The van der Waals surface area contributed by atoms with Crippen molar-refractivity contribution in [1.29, 1.82) is 0 Å². The number of halogens is 5. The molecule has 16 nitrogen and oxygen atoms in total. The molecule has 360 valence electrons. The van der Waals surface area contributed by atoms with E-state index >= 15 is 0 Å². The fourth-order valence-electron chi connectivity index (χ4n) is 6.60. The van der Waals surface area contributed by atoms with Gasteiger partial charge in [-0.25, -0.2) is 0 Å². The van der Waals surface area contributed by atoms with E-state index in [1.165, 1.54) is 82.7 Å². The van der Waals surface area contributed by atoms with Crippen molar-refractivity contribution >= 4 is 127 Å². The van der Waals surface area contributed by atoms with Gasteiger partial charge < -0.3 is 30.7 Å². The molecule has 5 aromatic rings. The van der Waals surface area contributed by atoms with Crippen LogP contribution in [0.25, 0.3) is 0 Å². The topological polar surface area (TPSA) is 218 Å². The van der Waals surface area contributed by atoms with Gasteiger partial charge in [0.1, 0.15) is 11.5 Å². The number of Topliss-reactive ketones (excluding diaryl/α,β-unsaturated/α-hetero) is 2. The van der Waals surface area contributed by atoms with E-state index in [0.717, 1.165) is 11.1 Å². The average Bonchev–Trinajstić information content (AvgIpc) is 3.31. The van der Waals surface area contributed by atoms with Crippen molar-refractivity contribution in [3.8, 4) is 11.5 Å². The maximum atomic E-state index is 13.5. The van der Waals surface area contributed by atoms with Gasteiger partial charge in [0.25, 0.3) is 23.6 Å². The summed E-state index contributed by atoms with van der Waals surface area (Å²) < 4.78 is 10.7. The molecular weight excluding hydrogens is 994 g/mol. The first-order valence-corrected chi connectivity index (χ1v) is 23.3. The number of azo groups is 2. The van der Waals surface area contributed by atoms with Crippen molar-refractivity contribution in [1.82, 2.24) is 0 Å². The molecule has 21 heteroatoms. The van der Waals surface area contributed by atoms with Gasteiger partial charge in [-0.1, -0.05) is 23.2 Å². The third-order valence-corrected chi connectivity index (χ3v) is 11.3. The molecular formula is C48H45Cl5N8O8. The molecule has 0 aromatic heterocycles. The van der Waals surface area contributed by atoms with Gasteiger partial charge >= 0.3 is 0 Å². The lowest BCUT2D eigenvalue weighted by molar-refractivity contribution is -0.127. The van der Waals surface area contributed by atoms with Crippen molar-refractivity contribution in [2.45, 2.75) is 45.2 Å². The summed E-state index contributed by atoms with van der Waals surface area (Å²) in [5.74, 6) is -1.97. The SMILES string of the molecule is COc1ccc(NC(=O)c2cc(N=NC(C(C)=O)C(=O)Nc3ccc(NC(=O)C(N=Nc4ccc(Cl)c(C(=O)Nc5ccc(OC)c(CCCl)c5)c4)C(C)=O)c(CCCl)c3)ccc2Cl)cc1CCCl. The van der Waals surface area contributed by atoms with Crippen LogP contribution in [-0.2, 0) is 38.4 Å². The Balaban J connectivity index is 1.27. The van der Waals surface area contributed by atoms with E-state index in [4.69, 9.17) is 67.5 Å². The summed E-state index contributed by atoms with van der Waals surface area (Å²) in [4.78, 5) is 78.9. The Hall–Kier alpha value is -6.43. The number of aryl methyl sites for hydroxylation is 3. The highest BCUT2D eigenvalue weighted by Gasteiger charge is 2.26. The Morgan fingerprint density at radius 2 is 0.899 bits per heavy atom. The molecule has 0 aliphatic rings. The molecule has 69 heavy (non-hydrogen) atoms. The number of alkyl halides is 3. The molecule has 0 fully saturated rings. The number of carbonyl (C=O) groups is 6. The third-order valence-electron chi connectivity index (χ3n) is 10.0. The number of ketones is 2. The number of carbonyl (C=O) groups excluding carboxylic acids is 6. The number of rotatable bonds is 22. The van der Waals surface area contributed by atoms with Crippen LogP contribution >= 0.6 is 58.0 Å². The van der Waals surface area contributed by atoms with Crippen LogP contribution in [0.1, 0.15) is 51.3 Å². The summed E-state index contributed by atoms with van der Waals surface area (Å²) >= 11 is 30.7. The maximum Gasteiger partial charge on any atom is 0.258 e. The molecule has 0 bridgehead atoms. The Morgan fingerprint density at radius 3 is 1.32 bits per heavy atom. The quantitative estimate of drug-likeness (QED) is 0.0296. The first-order valence-electron chi connectivity index (χ1n) is 20.9. The highest BCUT2D eigenvalue weighted by atomic mass is 35.5. The highest BCUT2D eigenvalue weighted by Crippen LogP contribution is 2.30. The number of nitrogens with one attached hydrogen (secondary N) is 4. The number of amides is 4. The van der Waals surface area contributed by atoms with Crippen LogP contribution < -0.4 is 30.7 Å². The zero-order valence-corrected chi connectivity index (χ0v) is 41.3. The fourth-order valence-corrected chi connectivity index (χ4v) is 7.62. The van der Waals surface area contributed by atoms with Gasteiger partial charge in [0.05, 0.1) is 46.8 Å². The lowest BCUT2D eigenvalue weighted by atomic mass is 10.1. The van der Waals surface area contributed by atoms with Gasteiger partial charge in [-0.15, -0.1) is 34.8 Å².